The predicted molar refractivity (Wildman–Crippen MR) is 34.2 cm³/mol. The van der Waals surface area contributed by atoms with Crippen molar-refractivity contribution in [2.45, 2.75) is 20.8 Å². The molecule has 0 heterocycles. The molecule has 0 N–H and O–H groups in total. The molecule has 0 bridgehead atoms. The van der Waals surface area contributed by atoms with Crippen LogP contribution in [0.2, 0.25) is 0 Å². The van der Waals surface area contributed by atoms with Crippen LogP contribution in [-0.4, -0.2) is 0 Å². The Morgan fingerprint density at radius 3 is 2.00 bits per heavy atom. The van der Waals surface area contributed by atoms with Crippen LogP contribution >= 0.6 is 0 Å². The first-order valence-corrected chi connectivity index (χ1v) is 2.53. The summed E-state index contributed by atoms with van der Waals surface area (Å²) < 4.78 is 0. The zero-order valence-corrected chi connectivity index (χ0v) is 5.23. The monoisotopic (exact) mass is 96.1 g/mol. The molecule has 0 nitrogen and oxygen atoms in total. The van der Waals surface area contributed by atoms with Crippen molar-refractivity contribution < 1.29 is 0 Å². The van der Waals surface area contributed by atoms with Crippen molar-refractivity contribution in [2.24, 2.45) is 0 Å². The Kier molecular flexibility index (Phi) is 3.39. The maximum atomic E-state index is 2.08. The van der Waals surface area contributed by atoms with Crippen molar-refractivity contribution in [3.63, 3.8) is 0 Å². The van der Waals surface area contributed by atoms with E-state index in [2.05, 4.69) is 19.9 Å². The Hall–Kier alpha value is -0.520. The molecule has 0 fully saturated rings. The Bertz CT molecular complexity index is 82.2. The van der Waals surface area contributed by atoms with E-state index in [0.717, 1.165) is 0 Å². The summed E-state index contributed by atoms with van der Waals surface area (Å²) in [5, 5.41) is 0. The fraction of sp³-hybridized carbons (Fsp3) is 0.429. The molecule has 0 heteroatoms. The van der Waals surface area contributed by atoms with Gasteiger partial charge in [0.25, 0.3) is 0 Å². The second-order valence-electron chi connectivity index (χ2n) is 1.77. The van der Waals surface area contributed by atoms with Crippen LogP contribution in [0.15, 0.2) is 23.8 Å². The highest BCUT2D eigenvalue weighted by molar-refractivity contribution is 5.06. The second-order valence-corrected chi connectivity index (χ2v) is 1.77. The number of hydrogen-bond acceptors (Lipinski definition) is 0. The summed E-state index contributed by atoms with van der Waals surface area (Å²) in [6, 6.07) is 0. The van der Waals surface area contributed by atoms with E-state index in [9.17, 15) is 0 Å². The molecule has 0 aliphatic rings. The molecule has 7 heavy (non-hydrogen) atoms. The topological polar surface area (TPSA) is 0 Å². The highest BCUT2D eigenvalue weighted by atomic mass is 13.7. The van der Waals surface area contributed by atoms with E-state index in [1.165, 1.54) is 5.57 Å². The molecule has 0 aromatic rings. The summed E-state index contributed by atoms with van der Waals surface area (Å²) in [6.07, 6.45) is 6.14. The smallest absolute Gasteiger partial charge is 0.0439 e. The first-order chi connectivity index (χ1) is 3.27. The van der Waals surface area contributed by atoms with Crippen LogP contribution < -0.4 is 0 Å². The average molecular weight is 96.2 g/mol. The summed E-state index contributed by atoms with van der Waals surface area (Å²) in [7, 11) is 0. The molecular weight excluding hydrogens is 84.1 g/mol. The Morgan fingerprint density at radius 2 is 1.86 bits per heavy atom. The van der Waals surface area contributed by atoms with Crippen LogP contribution in [0.5, 0.6) is 0 Å². The van der Waals surface area contributed by atoms with Gasteiger partial charge in [-0.1, -0.05) is 23.8 Å². The molecule has 40 valence electrons. The van der Waals surface area contributed by atoms with Gasteiger partial charge in [-0.15, -0.1) is 0 Å². The summed E-state index contributed by atoms with van der Waals surface area (Å²) in [4.78, 5) is 0. The van der Waals surface area contributed by atoms with E-state index >= 15 is 0 Å². The van der Waals surface area contributed by atoms with Crippen molar-refractivity contribution in [3.05, 3.63) is 23.8 Å². The molecule has 0 amide bonds. The molecule has 0 aliphatic carbocycles. The van der Waals surface area contributed by atoms with Crippen LogP contribution in [0.1, 0.15) is 20.8 Å². The van der Waals surface area contributed by atoms with E-state index in [-0.39, 0.29) is 0 Å². The Balaban J connectivity index is 3.46. The molecule has 0 spiro atoms. The quantitative estimate of drug-likeness (QED) is 0.440. The van der Waals surface area contributed by atoms with Crippen molar-refractivity contribution in [3.8, 4) is 0 Å². The van der Waals surface area contributed by atoms with Crippen molar-refractivity contribution >= 4 is 0 Å². The van der Waals surface area contributed by atoms with Gasteiger partial charge in [0.1, 0.15) is 0 Å². The van der Waals surface area contributed by atoms with Gasteiger partial charge in [-0.2, -0.15) is 0 Å². The standard InChI is InChI=1S/C7H12/c1-4-5-6-7(2)3/h4-6H,1-3H3/b5-4+. The van der Waals surface area contributed by atoms with Crippen LogP contribution in [0.25, 0.3) is 0 Å². The third-order valence-electron chi connectivity index (χ3n) is 0.622. The van der Waals surface area contributed by atoms with Gasteiger partial charge in [-0.3, -0.25) is 0 Å². The Labute approximate surface area is 45.5 Å². The van der Waals surface area contributed by atoms with E-state index < -0.39 is 0 Å². The third-order valence-corrected chi connectivity index (χ3v) is 0.622. The number of allylic oxidation sites excluding steroid dienone is 4. The highest BCUT2D eigenvalue weighted by Crippen LogP contribution is 1.87. The lowest BCUT2D eigenvalue weighted by atomic mass is 10.3. The maximum Gasteiger partial charge on any atom is -0.0439 e. The molecule has 0 radical (unpaired) electrons. The lowest BCUT2D eigenvalue weighted by Gasteiger charge is -1.77. The molecule has 0 rings (SSSR count). The SMILES string of the molecule is C/C=C/C=C(C)C. The van der Waals surface area contributed by atoms with Gasteiger partial charge in [0.05, 0.1) is 0 Å². The predicted octanol–water partition coefficient (Wildman–Crippen LogP) is 2.53. The van der Waals surface area contributed by atoms with Gasteiger partial charge in [-0.05, 0) is 20.8 Å². The number of rotatable bonds is 1. The minimum Gasteiger partial charge on any atom is -0.0877 e. The minimum absolute atomic E-state index is 1.35. The first kappa shape index (κ1) is 6.48. The van der Waals surface area contributed by atoms with Gasteiger partial charge in [0.15, 0.2) is 0 Å². The summed E-state index contributed by atoms with van der Waals surface area (Å²) in [5.41, 5.74) is 1.35. The molecule has 0 saturated heterocycles. The molecule has 0 unspecified atom stereocenters. The lowest BCUT2D eigenvalue weighted by Crippen LogP contribution is -1.56. The van der Waals surface area contributed by atoms with Crippen LogP contribution in [-0.2, 0) is 0 Å². The normalized spacial score (nSPS) is 9.57. The highest BCUT2D eigenvalue weighted by Gasteiger charge is 1.65. The van der Waals surface area contributed by atoms with Crippen molar-refractivity contribution in [1.29, 1.82) is 0 Å². The summed E-state index contributed by atoms with van der Waals surface area (Å²) in [6.45, 7) is 6.18. The zero-order valence-electron chi connectivity index (χ0n) is 5.23. The molecule has 0 aliphatic heterocycles. The van der Waals surface area contributed by atoms with Crippen LogP contribution in [0, 0.1) is 0 Å². The molecule has 0 aromatic heterocycles. The Morgan fingerprint density at radius 1 is 1.29 bits per heavy atom. The van der Waals surface area contributed by atoms with Crippen LogP contribution in [0.4, 0.5) is 0 Å². The third kappa shape index (κ3) is 5.48. The molecule has 0 aromatic carbocycles. The summed E-state index contributed by atoms with van der Waals surface area (Å²) >= 11 is 0. The largest absolute Gasteiger partial charge is 0.0877 e. The van der Waals surface area contributed by atoms with Crippen molar-refractivity contribution in [1.82, 2.24) is 0 Å². The van der Waals surface area contributed by atoms with Gasteiger partial charge in [-0.25, -0.2) is 0 Å². The molecule has 0 saturated carbocycles. The van der Waals surface area contributed by atoms with Gasteiger partial charge < -0.3 is 0 Å². The maximum absolute atomic E-state index is 2.08. The average Bonchev–Trinajstić information content (AvgIpc) is 1.61. The fourth-order valence-corrected chi connectivity index (χ4v) is 0.289. The zero-order chi connectivity index (χ0) is 5.70. The van der Waals surface area contributed by atoms with Crippen LogP contribution in [0.3, 0.4) is 0 Å². The van der Waals surface area contributed by atoms with Gasteiger partial charge >= 0.3 is 0 Å². The minimum atomic E-state index is 1.35. The fourth-order valence-electron chi connectivity index (χ4n) is 0.289. The van der Waals surface area contributed by atoms with E-state index in [0.29, 0.717) is 0 Å². The number of hydrogen-bond donors (Lipinski definition) is 0. The lowest BCUT2D eigenvalue weighted by molar-refractivity contribution is 1.39. The first-order valence-electron chi connectivity index (χ1n) is 2.53. The van der Waals surface area contributed by atoms with Gasteiger partial charge in [0, 0.05) is 0 Å². The van der Waals surface area contributed by atoms with Gasteiger partial charge in [0.2, 0.25) is 0 Å². The second kappa shape index (κ2) is 3.66. The molecular formula is C7H12. The molecule has 0 atom stereocenters. The van der Waals surface area contributed by atoms with E-state index in [1.807, 2.05) is 19.1 Å². The van der Waals surface area contributed by atoms with Crippen molar-refractivity contribution in [2.75, 3.05) is 0 Å². The van der Waals surface area contributed by atoms with E-state index in [1.54, 1.807) is 0 Å². The van der Waals surface area contributed by atoms with E-state index in [4.69, 9.17) is 0 Å². The summed E-state index contributed by atoms with van der Waals surface area (Å²) in [5.74, 6) is 0.